The summed E-state index contributed by atoms with van der Waals surface area (Å²) in [5.41, 5.74) is 6.67. The summed E-state index contributed by atoms with van der Waals surface area (Å²) in [6.07, 6.45) is 2.02. The van der Waals surface area contributed by atoms with Crippen molar-refractivity contribution in [2.45, 2.75) is 43.6 Å². The maximum atomic E-state index is 12.5. The van der Waals surface area contributed by atoms with Gasteiger partial charge in [-0.05, 0) is 30.9 Å². The molecule has 0 spiro atoms. The van der Waals surface area contributed by atoms with E-state index in [-0.39, 0.29) is 36.2 Å². The van der Waals surface area contributed by atoms with Gasteiger partial charge in [0.05, 0.1) is 24.8 Å². The first-order chi connectivity index (χ1) is 15.2. The molecule has 1 amide bonds. The first-order valence-electron chi connectivity index (χ1n) is 10.3. The van der Waals surface area contributed by atoms with Crippen LogP contribution < -0.4 is 10.5 Å². The lowest BCUT2D eigenvalue weighted by atomic mass is 9.81. The molecule has 1 aliphatic heterocycles. The Labute approximate surface area is 184 Å². The van der Waals surface area contributed by atoms with Crippen molar-refractivity contribution < 1.29 is 34.6 Å². The number of likely N-dealkylation sites (tertiary alicyclic amines) is 1. The number of rotatable bonds is 8. The van der Waals surface area contributed by atoms with E-state index < -0.39 is 36.8 Å². The number of aryl methyl sites for hydroxylation is 1. The van der Waals surface area contributed by atoms with Gasteiger partial charge >= 0.3 is 13.1 Å². The number of nitrogens with two attached hydrogens (primary N) is 1. The van der Waals surface area contributed by atoms with E-state index in [0.29, 0.717) is 24.1 Å². The van der Waals surface area contributed by atoms with Gasteiger partial charge in [-0.2, -0.15) is 0 Å². The summed E-state index contributed by atoms with van der Waals surface area (Å²) in [7, 11) is -1.52. The quantitative estimate of drug-likeness (QED) is 0.295. The number of imidazole rings is 1. The van der Waals surface area contributed by atoms with Crippen LogP contribution in [0, 0.1) is 6.92 Å². The standard InChI is InChI=1S/C20H25BN4O7/c1-9-23-6-10(24-9)4-15(22)19(27)25-7-11(8-25)32-16-3-2-12(13-5-14(13)21(30)31)18(26)17(16)20(28)29/h2-3,6,11,13-15,26,30-31H,4-5,7-8,22H2,1H3,(H,23,24)(H,28,29)/t13-,14-,15-/m1/s1. The third-order valence-electron chi connectivity index (χ3n) is 5.97. The number of nitrogens with one attached hydrogen (secondary N) is 1. The van der Waals surface area contributed by atoms with Crippen molar-refractivity contribution in [3.8, 4) is 11.5 Å². The van der Waals surface area contributed by atoms with Gasteiger partial charge < -0.3 is 40.6 Å². The van der Waals surface area contributed by atoms with Gasteiger partial charge in [0.25, 0.3) is 0 Å². The average molecular weight is 444 g/mol. The number of carboxylic acid groups (broad SMARTS) is 1. The van der Waals surface area contributed by atoms with Gasteiger partial charge in [-0.25, -0.2) is 9.78 Å². The molecule has 4 rings (SSSR count). The molecule has 1 aromatic carbocycles. The number of carbonyl (C=O) groups is 2. The van der Waals surface area contributed by atoms with Crippen molar-refractivity contribution in [1.82, 2.24) is 14.9 Å². The lowest BCUT2D eigenvalue weighted by Crippen LogP contribution is -2.60. The third-order valence-corrected chi connectivity index (χ3v) is 5.97. The fourth-order valence-electron chi connectivity index (χ4n) is 4.09. The van der Waals surface area contributed by atoms with Crippen LogP contribution in [0.5, 0.6) is 11.5 Å². The number of aromatic nitrogens is 2. The molecule has 0 radical (unpaired) electrons. The van der Waals surface area contributed by atoms with E-state index in [1.807, 2.05) is 6.92 Å². The molecule has 2 heterocycles. The average Bonchev–Trinajstić information content (AvgIpc) is 3.39. The van der Waals surface area contributed by atoms with Crippen molar-refractivity contribution in [2.75, 3.05) is 13.1 Å². The van der Waals surface area contributed by atoms with Gasteiger partial charge in [0.1, 0.15) is 29.0 Å². The molecule has 32 heavy (non-hydrogen) atoms. The fraction of sp³-hybridized carbons (Fsp3) is 0.450. The van der Waals surface area contributed by atoms with Crippen LogP contribution in [0.1, 0.15) is 39.8 Å². The highest BCUT2D eigenvalue weighted by molar-refractivity contribution is 6.44. The second-order valence-corrected chi connectivity index (χ2v) is 8.37. The molecule has 2 aromatic rings. The van der Waals surface area contributed by atoms with E-state index in [9.17, 15) is 29.9 Å². The van der Waals surface area contributed by atoms with E-state index in [1.54, 1.807) is 6.20 Å². The molecule has 0 unspecified atom stereocenters. The molecular weight excluding hydrogens is 419 g/mol. The minimum absolute atomic E-state index is 0.00566. The first kappa shape index (κ1) is 22.1. The van der Waals surface area contributed by atoms with Crippen LogP contribution in [0.25, 0.3) is 0 Å². The smallest absolute Gasteiger partial charge is 0.455 e. The highest BCUT2D eigenvalue weighted by Crippen LogP contribution is 2.56. The maximum absolute atomic E-state index is 12.5. The molecular formula is C20H25BN4O7. The van der Waals surface area contributed by atoms with Crippen LogP contribution in [-0.2, 0) is 11.2 Å². The molecule has 0 bridgehead atoms. The van der Waals surface area contributed by atoms with Crippen molar-refractivity contribution in [3.05, 3.63) is 41.0 Å². The number of nitrogens with zero attached hydrogens (tertiary/aromatic N) is 2. The zero-order valence-electron chi connectivity index (χ0n) is 17.4. The number of hydrogen-bond acceptors (Lipinski definition) is 8. The summed E-state index contributed by atoms with van der Waals surface area (Å²) in [6, 6.07) is 2.24. The monoisotopic (exact) mass is 444 g/mol. The van der Waals surface area contributed by atoms with Crippen molar-refractivity contribution in [2.24, 2.45) is 5.73 Å². The van der Waals surface area contributed by atoms with Crippen molar-refractivity contribution in [3.63, 3.8) is 0 Å². The topological polar surface area (TPSA) is 182 Å². The van der Waals surface area contributed by atoms with Gasteiger partial charge in [-0.1, -0.05) is 6.07 Å². The molecule has 11 nitrogen and oxygen atoms in total. The van der Waals surface area contributed by atoms with E-state index in [2.05, 4.69) is 9.97 Å². The van der Waals surface area contributed by atoms with Gasteiger partial charge in [-0.15, -0.1) is 0 Å². The van der Waals surface area contributed by atoms with Crippen molar-refractivity contribution >= 4 is 19.0 Å². The number of amides is 1. The summed E-state index contributed by atoms with van der Waals surface area (Å²) in [5.74, 6) is -2.06. The molecule has 170 valence electrons. The van der Waals surface area contributed by atoms with Crippen LogP contribution in [-0.4, -0.2) is 79.4 Å². The summed E-state index contributed by atoms with van der Waals surface area (Å²) in [4.78, 5) is 33.0. The number of carboxylic acids is 1. The fourth-order valence-corrected chi connectivity index (χ4v) is 4.09. The Bertz CT molecular complexity index is 1040. The number of carbonyl (C=O) groups excluding carboxylic acids is 1. The Morgan fingerprint density at radius 1 is 1.38 bits per heavy atom. The molecule has 1 saturated heterocycles. The lowest BCUT2D eigenvalue weighted by Gasteiger charge is -2.40. The Balaban J connectivity index is 1.37. The molecule has 1 aromatic heterocycles. The number of aromatic carboxylic acids is 1. The summed E-state index contributed by atoms with van der Waals surface area (Å²) >= 11 is 0. The van der Waals surface area contributed by atoms with Gasteiger partial charge in [-0.3, -0.25) is 4.79 Å². The molecule has 2 aliphatic rings. The van der Waals surface area contributed by atoms with Crippen LogP contribution in [0.4, 0.5) is 0 Å². The summed E-state index contributed by atoms with van der Waals surface area (Å²) in [6.45, 7) is 2.30. The first-order valence-corrected chi connectivity index (χ1v) is 10.3. The second-order valence-electron chi connectivity index (χ2n) is 8.37. The Kier molecular flexibility index (Phi) is 5.84. The molecule has 3 atom stereocenters. The third kappa shape index (κ3) is 4.29. The lowest BCUT2D eigenvalue weighted by molar-refractivity contribution is -0.141. The van der Waals surface area contributed by atoms with E-state index in [0.717, 1.165) is 5.82 Å². The maximum Gasteiger partial charge on any atom is 0.455 e. The summed E-state index contributed by atoms with van der Waals surface area (Å²) in [5, 5.41) is 38.6. The molecule has 2 fully saturated rings. The molecule has 7 N–H and O–H groups in total. The normalized spacial score (nSPS) is 21.1. The SMILES string of the molecule is Cc1nc(C[C@@H](N)C(=O)N2CC(Oc3ccc([C@H]4C[C@H]4B(O)O)c(O)c3C(=O)O)C2)c[nH]1. The number of benzene rings is 1. The zero-order chi connectivity index (χ0) is 23.2. The highest BCUT2D eigenvalue weighted by atomic mass is 16.5. The Hall–Kier alpha value is -3.09. The van der Waals surface area contributed by atoms with E-state index >= 15 is 0 Å². The zero-order valence-corrected chi connectivity index (χ0v) is 17.4. The Morgan fingerprint density at radius 3 is 2.66 bits per heavy atom. The summed E-state index contributed by atoms with van der Waals surface area (Å²) < 4.78 is 5.74. The minimum atomic E-state index is -1.52. The van der Waals surface area contributed by atoms with Gasteiger partial charge in [0, 0.05) is 18.4 Å². The van der Waals surface area contributed by atoms with Gasteiger partial charge in [0.15, 0.2) is 0 Å². The van der Waals surface area contributed by atoms with Crippen LogP contribution in [0.15, 0.2) is 18.3 Å². The predicted octanol–water partition coefficient (Wildman–Crippen LogP) is -0.388. The van der Waals surface area contributed by atoms with Crippen LogP contribution in [0.2, 0.25) is 5.82 Å². The van der Waals surface area contributed by atoms with Crippen LogP contribution >= 0.6 is 0 Å². The molecule has 1 saturated carbocycles. The van der Waals surface area contributed by atoms with Gasteiger partial charge in [0.2, 0.25) is 5.91 Å². The number of aromatic hydroxyl groups is 1. The van der Waals surface area contributed by atoms with E-state index in [4.69, 9.17) is 10.5 Å². The number of hydrogen-bond donors (Lipinski definition) is 6. The Morgan fingerprint density at radius 2 is 2.09 bits per heavy atom. The molecule has 1 aliphatic carbocycles. The van der Waals surface area contributed by atoms with Crippen LogP contribution in [0.3, 0.4) is 0 Å². The highest BCUT2D eigenvalue weighted by Gasteiger charge is 2.48. The van der Waals surface area contributed by atoms with Crippen molar-refractivity contribution in [1.29, 1.82) is 0 Å². The minimum Gasteiger partial charge on any atom is -0.507 e. The predicted molar refractivity (Wildman–Crippen MR) is 112 cm³/mol. The number of ether oxygens (including phenoxy) is 1. The second kappa shape index (κ2) is 8.45. The van der Waals surface area contributed by atoms with E-state index in [1.165, 1.54) is 17.0 Å². The number of aromatic amines is 1. The number of H-pyrrole nitrogens is 1. The largest absolute Gasteiger partial charge is 0.507 e. The molecule has 12 heteroatoms. The number of phenols is 1.